The molecule has 2 unspecified atom stereocenters. The van der Waals surface area contributed by atoms with Crippen molar-refractivity contribution in [1.82, 2.24) is 20.2 Å². The number of tetrazole rings is 1. The highest BCUT2D eigenvalue weighted by Crippen LogP contribution is 2.35. The average molecular weight is 267 g/mol. The van der Waals surface area contributed by atoms with Crippen LogP contribution in [0.4, 0.5) is 0 Å². The molecule has 0 amide bonds. The van der Waals surface area contributed by atoms with Crippen LogP contribution in [0.25, 0.3) is 0 Å². The lowest BCUT2D eigenvalue weighted by Crippen LogP contribution is -2.29. The Balaban J connectivity index is 1.66. The van der Waals surface area contributed by atoms with Gasteiger partial charge in [-0.3, -0.25) is 0 Å². The van der Waals surface area contributed by atoms with Crippen LogP contribution in [0.3, 0.4) is 0 Å². The van der Waals surface area contributed by atoms with Crippen molar-refractivity contribution in [3.63, 3.8) is 0 Å². The summed E-state index contributed by atoms with van der Waals surface area (Å²) in [5, 5.41) is 13.9. The van der Waals surface area contributed by atoms with Crippen molar-refractivity contribution in [2.24, 2.45) is 5.73 Å². The van der Waals surface area contributed by atoms with Gasteiger partial charge in [-0.15, -0.1) is 5.10 Å². The first kappa shape index (κ1) is 12.4. The first-order valence-electron chi connectivity index (χ1n) is 7.03. The smallest absolute Gasteiger partial charge is 0.209 e. The molecular weight excluding hydrogens is 246 g/mol. The molecule has 1 aromatic heterocycles. The van der Waals surface area contributed by atoms with E-state index < -0.39 is 0 Å². The number of rotatable bonds is 3. The SMILES string of the molecule is NC1CCCC(Sc2nnnn2C2CCCC2)C1. The van der Waals surface area contributed by atoms with Gasteiger partial charge in [0.25, 0.3) is 0 Å². The molecule has 2 fully saturated rings. The number of aromatic nitrogens is 4. The van der Waals surface area contributed by atoms with E-state index in [1.807, 2.05) is 11.8 Å². The molecule has 0 radical (unpaired) electrons. The van der Waals surface area contributed by atoms with E-state index in [0.717, 1.165) is 11.6 Å². The van der Waals surface area contributed by atoms with Crippen LogP contribution in [-0.4, -0.2) is 31.5 Å². The molecule has 1 heterocycles. The molecule has 5 nitrogen and oxygen atoms in total. The van der Waals surface area contributed by atoms with Gasteiger partial charge >= 0.3 is 0 Å². The van der Waals surface area contributed by atoms with Gasteiger partial charge in [0.2, 0.25) is 5.16 Å². The lowest BCUT2D eigenvalue weighted by Gasteiger charge is -2.25. The second-order valence-corrected chi connectivity index (χ2v) is 6.78. The molecule has 3 rings (SSSR count). The standard InChI is InChI=1S/C12H21N5S/c13-9-4-3-7-11(8-9)18-12-14-15-16-17(12)10-5-1-2-6-10/h9-11H,1-8,13H2. The Morgan fingerprint density at radius 3 is 2.72 bits per heavy atom. The Kier molecular flexibility index (Phi) is 3.84. The molecule has 0 bridgehead atoms. The zero-order chi connectivity index (χ0) is 12.4. The topological polar surface area (TPSA) is 69.6 Å². The number of nitrogens with zero attached hydrogens (tertiary/aromatic N) is 4. The lowest BCUT2D eigenvalue weighted by molar-refractivity contribution is 0.419. The average Bonchev–Trinajstić information content (AvgIpc) is 2.98. The highest BCUT2D eigenvalue weighted by atomic mass is 32.2. The fraction of sp³-hybridized carbons (Fsp3) is 0.917. The van der Waals surface area contributed by atoms with Crippen LogP contribution in [0, 0.1) is 0 Å². The summed E-state index contributed by atoms with van der Waals surface area (Å²) in [7, 11) is 0. The minimum Gasteiger partial charge on any atom is -0.328 e. The minimum atomic E-state index is 0.368. The molecule has 1 aromatic rings. The van der Waals surface area contributed by atoms with Gasteiger partial charge in [-0.05, 0) is 42.5 Å². The monoisotopic (exact) mass is 267 g/mol. The van der Waals surface area contributed by atoms with Crippen molar-refractivity contribution in [2.75, 3.05) is 0 Å². The number of hydrogen-bond acceptors (Lipinski definition) is 5. The van der Waals surface area contributed by atoms with Crippen molar-refractivity contribution in [1.29, 1.82) is 0 Å². The number of nitrogens with two attached hydrogens (primary N) is 1. The third-order valence-electron chi connectivity index (χ3n) is 4.07. The number of hydrogen-bond donors (Lipinski definition) is 1. The molecule has 100 valence electrons. The summed E-state index contributed by atoms with van der Waals surface area (Å²) in [5.74, 6) is 0. The van der Waals surface area contributed by atoms with Crippen molar-refractivity contribution in [3.8, 4) is 0 Å². The zero-order valence-corrected chi connectivity index (χ0v) is 11.5. The molecular formula is C12H21N5S. The molecule has 2 saturated carbocycles. The summed E-state index contributed by atoms with van der Waals surface area (Å²) in [5.41, 5.74) is 6.04. The summed E-state index contributed by atoms with van der Waals surface area (Å²) in [4.78, 5) is 0. The maximum absolute atomic E-state index is 6.04. The highest BCUT2D eigenvalue weighted by Gasteiger charge is 2.26. The molecule has 0 spiro atoms. The van der Waals surface area contributed by atoms with Crippen molar-refractivity contribution < 1.29 is 0 Å². The maximum Gasteiger partial charge on any atom is 0.209 e. The van der Waals surface area contributed by atoms with Gasteiger partial charge in [0.1, 0.15) is 0 Å². The molecule has 6 heteroatoms. The summed E-state index contributed by atoms with van der Waals surface area (Å²) >= 11 is 1.84. The molecule has 2 aliphatic carbocycles. The van der Waals surface area contributed by atoms with E-state index in [-0.39, 0.29) is 0 Å². The molecule has 0 saturated heterocycles. The van der Waals surface area contributed by atoms with Crippen LogP contribution in [0.5, 0.6) is 0 Å². The van der Waals surface area contributed by atoms with E-state index in [1.54, 1.807) is 0 Å². The van der Waals surface area contributed by atoms with E-state index in [4.69, 9.17) is 5.73 Å². The highest BCUT2D eigenvalue weighted by molar-refractivity contribution is 7.99. The van der Waals surface area contributed by atoms with Gasteiger partial charge in [-0.2, -0.15) is 0 Å². The van der Waals surface area contributed by atoms with Crippen LogP contribution in [0.2, 0.25) is 0 Å². The van der Waals surface area contributed by atoms with Crippen LogP contribution < -0.4 is 5.73 Å². The van der Waals surface area contributed by atoms with Crippen LogP contribution in [0.15, 0.2) is 5.16 Å². The number of thioether (sulfide) groups is 1. The summed E-state index contributed by atoms with van der Waals surface area (Å²) in [6.07, 6.45) is 9.82. The Bertz CT molecular complexity index is 388. The quantitative estimate of drug-likeness (QED) is 0.908. The van der Waals surface area contributed by atoms with Gasteiger partial charge in [0, 0.05) is 11.3 Å². The van der Waals surface area contributed by atoms with E-state index >= 15 is 0 Å². The first-order chi connectivity index (χ1) is 8.83. The fourth-order valence-electron chi connectivity index (χ4n) is 3.08. The molecule has 18 heavy (non-hydrogen) atoms. The van der Waals surface area contributed by atoms with Gasteiger partial charge < -0.3 is 5.73 Å². The maximum atomic E-state index is 6.04. The van der Waals surface area contributed by atoms with Crippen molar-refractivity contribution >= 4 is 11.8 Å². The Morgan fingerprint density at radius 2 is 1.94 bits per heavy atom. The van der Waals surface area contributed by atoms with Crippen LogP contribution >= 0.6 is 11.8 Å². The predicted octanol–water partition coefficient (Wildman–Crippen LogP) is 2.15. The Labute approximate surface area is 112 Å². The summed E-state index contributed by atoms with van der Waals surface area (Å²) in [6.45, 7) is 0. The predicted molar refractivity (Wildman–Crippen MR) is 71.4 cm³/mol. The minimum absolute atomic E-state index is 0.368. The van der Waals surface area contributed by atoms with Gasteiger partial charge in [-0.25, -0.2) is 4.68 Å². The summed E-state index contributed by atoms with van der Waals surface area (Å²) < 4.78 is 2.05. The normalized spacial score (nSPS) is 29.8. The van der Waals surface area contributed by atoms with Crippen molar-refractivity contribution in [3.05, 3.63) is 0 Å². The van der Waals surface area contributed by atoms with Crippen molar-refractivity contribution in [2.45, 2.75) is 73.9 Å². The summed E-state index contributed by atoms with van der Waals surface area (Å²) in [6, 6.07) is 0.895. The van der Waals surface area contributed by atoms with E-state index in [9.17, 15) is 0 Å². The largest absolute Gasteiger partial charge is 0.328 e. The van der Waals surface area contributed by atoms with E-state index in [0.29, 0.717) is 17.3 Å². The zero-order valence-electron chi connectivity index (χ0n) is 10.7. The third kappa shape index (κ3) is 2.69. The van der Waals surface area contributed by atoms with E-state index in [1.165, 1.54) is 44.9 Å². The van der Waals surface area contributed by atoms with Crippen LogP contribution in [0.1, 0.15) is 57.4 Å². The molecule has 2 N–H and O–H groups in total. The van der Waals surface area contributed by atoms with Gasteiger partial charge in [0.05, 0.1) is 6.04 Å². The molecule has 2 atom stereocenters. The molecule has 0 aromatic carbocycles. The van der Waals surface area contributed by atoms with Gasteiger partial charge in [-0.1, -0.05) is 31.0 Å². The molecule has 2 aliphatic rings. The second-order valence-electron chi connectivity index (χ2n) is 5.51. The van der Waals surface area contributed by atoms with Gasteiger partial charge in [0.15, 0.2) is 0 Å². The first-order valence-corrected chi connectivity index (χ1v) is 7.91. The molecule has 0 aliphatic heterocycles. The fourth-order valence-corrected chi connectivity index (χ4v) is 4.38. The van der Waals surface area contributed by atoms with Crippen LogP contribution in [-0.2, 0) is 0 Å². The Hall–Kier alpha value is -0.620. The van der Waals surface area contributed by atoms with E-state index in [2.05, 4.69) is 20.2 Å². The third-order valence-corrected chi connectivity index (χ3v) is 5.31. The lowest BCUT2D eigenvalue weighted by atomic mass is 9.96. The second kappa shape index (κ2) is 5.57. The Morgan fingerprint density at radius 1 is 1.11 bits per heavy atom.